The zero-order valence-electron chi connectivity index (χ0n) is 11.7. The minimum Gasteiger partial charge on any atom is -0.295 e. The zero-order chi connectivity index (χ0) is 12.6. The van der Waals surface area contributed by atoms with Crippen LogP contribution in [0.3, 0.4) is 0 Å². The van der Waals surface area contributed by atoms with Gasteiger partial charge in [-0.15, -0.1) is 0 Å². The smallest absolute Gasteiger partial charge is 0.0237 e. The first kappa shape index (κ1) is 12.2. The standard InChI is InChI=1S/C17H25N/c1-14(2)16-17(10-6-7-11-17)13-18(16)12-15-8-4-3-5-9-15/h3-5,8-9,14,16H,6-7,10-13H2,1-2H3. The third-order valence-corrected chi connectivity index (χ3v) is 5.00. The van der Waals surface area contributed by atoms with Gasteiger partial charge in [-0.05, 0) is 29.7 Å². The Hall–Kier alpha value is -0.820. The van der Waals surface area contributed by atoms with Gasteiger partial charge < -0.3 is 0 Å². The molecule has 1 aromatic rings. The predicted molar refractivity (Wildman–Crippen MR) is 76.4 cm³/mol. The second-order valence-corrected chi connectivity index (χ2v) is 6.65. The van der Waals surface area contributed by atoms with E-state index in [1.165, 1.54) is 37.8 Å². The number of likely N-dealkylation sites (tertiary alicyclic amines) is 1. The second-order valence-electron chi connectivity index (χ2n) is 6.65. The van der Waals surface area contributed by atoms with Crippen LogP contribution in [0.2, 0.25) is 0 Å². The third-order valence-electron chi connectivity index (χ3n) is 5.00. The SMILES string of the molecule is CC(C)C1N(Cc2ccccc2)CC12CCCC2. The molecule has 0 bridgehead atoms. The molecule has 98 valence electrons. The van der Waals surface area contributed by atoms with Gasteiger partial charge in [0.1, 0.15) is 0 Å². The molecule has 1 aliphatic heterocycles. The number of rotatable bonds is 3. The van der Waals surface area contributed by atoms with Gasteiger partial charge in [0.15, 0.2) is 0 Å². The van der Waals surface area contributed by atoms with E-state index in [1.54, 1.807) is 0 Å². The molecule has 1 aromatic carbocycles. The van der Waals surface area contributed by atoms with E-state index in [1.807, 2.05) is 0 Å². The van der Waals surface area contributed by atoms with Crippen molar-refractivity contribution in [1.82, 2.24) is 4.90 Å². The number of benzene rings is 1. The summed E-state index contributed by atoms with van der Waals surface area (Å²) < 4.78 is 0. The monoisotopic (exact) mass is 243 g/mol. The van der Waals surface area contributed by atoms with E-state index in [4.69, 9.17) is 0 Å². The summed E-state index contributed by atoms with van der Waals surface area (Å²) in [6.45, 7) is 7.29. The topological polar surface area (TPSA) is 3.24 Å². The van der Waals surface area contributed by atoms with E-state index < -0.39 is 0 Å². The molecule has 2 fully saturated rings. The van der Waals surface area contributed by atoms with E-state index in [0.717, 1.165) is 18.5 Å². The van der Waals surface area contributed by atoms with Crippen molar-refractivity contribution in [2.45, 2.75) is 52.1 Å². The molecule has 1 spiro atoms. The lowest BCUT2D eigenvalue weighted by atomic mass is 9.66. The van der Waals surface area contributed by atoms with Gasteiger partial charge in [-0.3, -0.25) is 4.90 Å². The Morgan fingerprint density at radius 3 is 2.44 bits per heavy atom. The summed E-state index contributed by atoms with van der Waals surface area (Å²) in [4.78, 5) is 2.71. The lowest BCUT2D eigenvalue weighted by molar-refractivity contribution is -0.0998. The summed E-state index contributed by atoms with van der Waals surface area (Å²) in [6, 6.07) is 11.8. The average Bonchev–Trinajstić information content (AvgIpc) is 2.79. The predicted octanol–water partition coefficient (Wildman–Crippen LogP) is 4.09. The Bertz CT molecular complexity index is 389. The van der Waals surface area contributed by atoms with Crippen molar-refractivity contribution < 1.29 is 0 Å². The Morgan fingerprint density at radius 1 is 1.17 bits per heavy atom. The minimum atomic E-state index is 0.683. The maximum absolute atomic E-state index is 2.71. The molecule has 2 aliphatic rings. The van der Waals surface area contributed by atoms with E-state index in [-0.39, 0.29) is 0 Å². The van der Waals surface area contributed by atoms with Crippen LogP contribution in [0.25, 0.3) is 0 Å². The van der Waals surface area contributed by atoms with E-state index in [2.05, 4.69) is 49.1 Å². The Balaban J connectivity index is 1.71. The van der Waals surface area contributed by atoms with Crippen molar-refractivity contribution in [3.8, 4) is 0 Å². The third kappa shape index (κ3) is 1.99. The van der Waals surface area contributed by atoms with Crippen LogP contribution in [0.15, 0.2) is 30.3 Å². The Morgan fingerprint density at radius 2 is 1.83 bits per heavy atom. The van der Waals surface area contributed by atoms with E-state index in [0.29, 0.717) is 5.41 Å². The van der Waals surface area contributed by atoms with Gasteiger partial charge in [-0.25, -0.2) is 0 Å². The highest BCUT2D eigenvalue weighted by molar-refractivity contribution is 5.17. The van der Waals surface area contributed by atoms with Crippen molar-refractivity contribution in [2.24, 2.45) is 11.3 Å². The fraction of sp³-hybridized carbons (Fsp3) is 0.647. The van der Waals surface area contributed by atoms with Crippen molar-refractivity contribution in [3.05, 3.63) is 35.9 Å². The molecule has 1 unspecified atom stereocenters. The maximum atomic E-state index is 2.71. The molecule has 3 rings (SSSR count). The molecule has 1 heteroatoms. The van der Waals surface area contributed by atoms with Crippen molar-refractivity contribution in [1.29, 1.82) is 0 Å². The van der Waals surface area contributed by atoms with Gasteiger partial charge in [0, 0.05) is 19.1 Å². The van der Waals surface area contributed by atoms with Crippen LogP contribution in [0.1, 0.15) is 45.1 Å². The van der Waals surface area contributed by atoms with Crippen LogP contribution in [0.4, 0.5) is 0 Å². The number of hydrogen-bond donors (Lipinski definition) is 0. The molecule has 1 nitrogen and oxygen atoms in total. The fourth-order valence-electron chi connectivity index (χ4n) is 4.51. The number of hydrogen-bond acceptors (Lipinski definition) is 1. The first-order chi connectivity index (χ1) is 8.71. The summed E-state index contributed by atoms with van der Waals surface area (Å²) in [6.07, 6.45) is 5.87. The molecule has 0 radical (unpaired) electrons. The van der Waals surface area contributed by atoms with Gasteiger partial charge in [-0.1, -0.05) is 57.0 Å². The largest absolute Gasteiger partial charge is 0.295 e. The lowest BCUT2D eigenvalue weighted by Gasteiger charge is -2.58. The molecule has 0 N–H and O–H groups in total. The second kappa shape index (κ2) is 4.70. The quantitative estimate of drug-likeness (QED) is 0.773. The average molecular weight is 243 g/mol. The molecular weight excluding hydrogens is 218 g/mol. The molecule has 1 aliphatic carbocycles. The number of nitrogens with zero attached hydrogens (tertiary/aromatic N) is 1. The lowest BCUT2D eigenvalue weighted by Crippen LogP contribution is -2.64. The highest BCUT2D eigenvalue weighted by Crippen LogP contribution is 2.53. The molecule has 1 saturated carbocycles. The molecule has 1 saturated heterocycles. The molecule has 0 aromatic heterocycles. The summed E-state index contributed by atoms with van der Waals surface area (Å²) in [5.41, 5.74) is 2.15. The van der Waals surface area contributed by atoms with Crippen molar-refractivity contribution in [2.75, 3.05) is 6.54 Å². The van der Waals surface area contributed by atoms with Crippen molar-refractivity contribution in [3.63, 3.8) is 0 Å². The van der Waals surface area contributed by atoms with Gasteiger partial charge in [0.05, 0.1) is 0 Å². The van der Waals surface area contributed by atoms with Crippen LogP contribution >= 0.6 is 0 Å². The molecular formula is C17H25N. The Kier molecular flexibility index (Phi) is 3.19. The van der Waals surface area contributed by atoms with Crippen molar-refractivity contribution >= 4 is 0 Å². The molecule has 0 amide bonds. The zero-order valence-corrected chi connectivity index (χ0v) is 11.7. The molecule has 1 atom stereocenters. The van der Waals surface area contributed by atoms with Crippen LogP contribution in [0, 0.1) is 11.3 Å². The normalized spacial score (nSPS) is 26.7. The summed E-state index contributed by atoms with van der Waals surface area (Å²) >= 11 is 0. The summed E-state index contributed by atoms with van der Waals surface area (Å²) in [5, 5.41) is 0. The van der Waals surface area contributed by atoms with E-state index in [9.17, 15) is 0 Å². The minimum absolute atomic E-state index is 0.683. The highest BCUT2D eigenvalue weighted by Gasteiger charge is 2.53. The van der Waals surface area contributed by atoms with Crippen LogP contribution in [-0.2, 0) is 6.54 Å². The summed E-state index contributed by atoms with van der Waals surface area (Å²) in [5.74, 6) is 0.792. The van der Waals surface area contributed by atoms with Gasteiger partial charge in [0.2, 0.25) is 0 Å². The highest BCUT2D eigenvalue weighted by atomic mass is 15.3. The van der Waals surface area contributed by atoms with Crippen LogP contribution in [0.5, 0.6) is 0 Å². The van der Waals surface area contributed by atoms with Gasteiger partial charge >= 0.3 is 0 Å². The first-order valence-electron chi connectivity index (χ1n) is 7.49. The van der Waals surface area contributed by atoms with Gasteiger partial charge in [0.25, 0.3) is 0 Å². The van der Waals surface area contributed by atoms with E-state index >= 15 is 0 Å². The molecule has 1 heterocycles. The molecule has 18 heavy (non-hydrogen) atoms. The maximum Gasteiger partial charge on any atom is 0.0237 e. The fourth-order valence-corrected chi connectivity index (χ4v) is 4.51. The Labute approximate surface area is 111 Å². The first-order valence-corrected chi connectivity index (χ1v) is 7.49. The van der Waals surface area contributed by atoms with Crippen LogP contribution < -0.4 is 0 Å². The summed E-state index contributed by atoms with van der Waals surface area (Å²) in [7, 11) is 0. The van der Waals surface area contributed by atoms with Crippen LogP contribution in [-0.4, -0.2) is 17.5 Å². The van der Waals surface area contributed by atoms with Gasteiger partial charge in [-0.2, -0.15) is 0 Å².